The summed E-state index contributed by atoms with van der Waals surface area (Å²) in [5.74, 6) is 3.38. The first-order valence-corrected chi connectivity index (χ1v) is 4.56. The van der Waals surface area contributed by atoms with Gasteiger partial charge in [0.15, 0.2) is 0 Å². The maximum Gasteiger partial charge on any atom is 0.0943 e. The molecule has 0 aromatic heterocycles. The number of aliphatic imine (C=N–C) groups is 1. The van der Waals surface area contributed by atoms with Crippen LogP contribution >= 0.6 is 0 Å². The Morgan fingerprint density at radius 3 is 3.00 bits per heavy atom. The Hall–Kier alpha value is -0.530. The number of nitrogens with zero attached hydrogens (tertiary/aromatic N) is 1. The van der Waals surface area contributed by atoms with Crippen molar-refractivity contribution in [2.45, 2.75) is 32.7 Å². The number of hydrogen-bond acceptors (Lipinski definition) is 2. The number of amidine groups is 1. The molecule has 2 aliphatic rings. The van der Waals surface area contributed by atoms with E-state index in [2.05, 4.69) is 18.8 Å². The summed E-state index contributed by atoms with van der Waals surface area (Å²) in [5.41, 5.74) is 5.71. The molecule has 1 saturated carbocycles. The second kappa shape index (κ2) is 2.23. The third-order valence-electron chi connectivity index (χ3n) is 3.16. The molecule has 0 amide bonds. The van der Waals surface area contributed by atoms with Gasteiger partial charge in [0.2, 0.25) is 0 Å². The number of rotatable bonds is 1. The Kier molecular flexibility index (Phi) is 1.44. The van der Waals surface area contributed by atoms with Crippen LogP contribution in [0.3, 0.4) is 0 Å². The van der Waals surface area contributed by atoms with Crippen LogP contribution < -0.4 is 5.73 Å². The van der Waals surface area contributed by atoms with E-state index in [0.717, 1.165) is 30.0 Å². The van der Waals surface area contributed by atoms with Gasteiger partial charge in [-0.15, -0.1) is 0 Å². The Balaban J connectivity index is 2.12. The van der Waals surface area contributed by atoms with E-state index >= 15 is 0 Å². The van der Waals surface area contributed by atoms with E-state index in [9.17, 15) is 0 Å². The minimum absolute atomic E-state index is 0.601. The normalized spacial score (nSPS) is 48.0. The van der Waals surface area contributed by atoms with Crippen molar-refractivity contribution >= 4 is 5.84 Å². The molecule has 0 aromatic rings. The van der Waals surface area contributed by atoms with E-state index in [1.54, 1.807) is 0 Å². The molecule has 0 radical (unpaired) electrons. The molecule has 1 heterocycles. The first kappa shape index (κ1) is 7.14. The Bertz CT molecular complexity index is 198. The maximum absolute atomic E-state index is 5.71. The van der Waals surface area contributed by atoms with Gasteiger partial charge in [0, 0.05) is 6.42 Å². The molecule has 2 N–H and O–H groups in total. The van der Waals surface area contributed by atoms with Crippen molar-refractivity contribution in [1.82, 2.24) is 0 Å². The summed E-state index contributed by atoms with van der Waals surface area (Å²) in [5, 5.41) is 0. The average Bonchev–Trinajstić information content (AvgIpc) is 2.61. The van der Waals surface area contributed by atoms with Crippen molar-refractivity contribution in [2.24, 2.45) is 28.5 Å². The van der Waals surface area contributed by atoms with Crippen LogP contribution in [0, 0.1) is 17.8 Å². The van der Waals surface area contributed by atoms with E-state index < -0.39 is 0 Å². The van der Waals surface area contributed by atoms with Gasteiger partial charge in [0.05, 0.1) is 11.9 Å². The second-order valence-electron chi connectivity index (χ2n) is 3.94. The lowest BCUT2D eigenvalue weighted by Crippen LogP contribution is -2.22. The zero-order valence-electron chi connectivity index (χ0n) is 7.25. The third-order valence-corrected chi connectivity index (χ3v) is 3.16. The van der Waals surface area contributed by atoms with Crippen LogP contribution in [0.15, 0.2) is 4.99 Å². The van der Waals surface area contributed by atoms with Crippen molar-refractivity contribution in [2.75, 3.05) is 0 Å². The summed E-state index contributed by atoms with van der Waals surface area (Å²) >= 11 is 0. The van der Waals surface area contributed by atoms with Crippen LogP contribution in [0.2, 0.25) is 0 Å². The Morgan fingerprint density at radius 1 is 1.64 bits per heavy atom. The highest BCUT2D eigenvalue weighted by molar-refractivity contribution is 5.82. The predicted molar refractivity (Wildman–Crippen MR) is 46.5 cm³/mol. The summed E-state index contributed by atoms with van der Waals surface area (Å²) in [4.78, 5) is 4.45. The van der Waals surface area contributed by atoms with Crippen molar-refractivity contribution in [1.29, 1.82) is 0 Å². The van der Waals surface area contributed by atoms with E-state index in [0.29, 0.717) is 6.04 Å². The zero-order chi connectivity index (χ0) is 8.01. The molecule has 62 valence electrons. The molecule has 0 spiro atoms. The first-order valence-electron chi connectivity index (χ1n) is 4.56. The fourth-order valence-electron chi connectivity index (χ4n) is 2.55. The summed E-state index contributed by atoms with van der Waals surface area (Å²) in [6, 6.07) is 0.601. The molecular formula is C9H16N2. The van der Waals surface area contributed by atoms with Crippen molar-refractivity contribution in [3.8, 4) is 0 Å². The fraction of sp³-hybridized carbons (Fsp3) is 0.889. The number of hydrogen-bond donors (Lipinski definition) is 1. The molecular weight excluding hydrogens is 136 g/mol. The topological polar surface area (TPSA) is 38.4 Å². The quantitative estimate of drug-likeness (QED) is 0.606. The van der Waals surface area contributed by atoms with Gasteiger partial charge < -0.3 is 5.73 Å². The molecule has 1 aliphatic carbocycles. The summed E-state index contributed by atoms with van der Waals surface area (Å²) in [6.45, 7) is 4.55. The van der Waals surface area contributed by atoms with Gasteiger partial charge in [-0.25, -0.2) is 0 Å². The van der Waals surface area contributed by atoms with Gasteiger partial charge in [-0.3, -0.25) is 4.99 Å². The highest BCUT2D eigenvalue weighted by Gasteiger charge is 2.53. The first-order chi connectivity index (χ1) is 5.24. The third kappa shape index (κ3) is 0.959. The molecule has 2 rings (SSSR count). The van der Waals surface area contributed by atoms with Crippen molar-refractivity contribution < 1.29 is 0 Å². The van der Waals surface area contributed by atoms with Crippen LogP contribution in [0.25, 0.3) is 0 Å². The van der Waals surface area contributed by atoms with Gasteiger partial charge in [0.1, 0.15) is 0 Å². The summed E-state index contributed by atoms with van der Waals surface area (Å²) in [7, 11) is 0. The average molecular weight is 152 g/mol. The highest BCUT2D eigenvalue weighted by Crippen LogP contribution is 2.52. The molecule has 0 saturated heterocycles. The van der Waals surface area contributed by atoms with Crippen molar-refractivity contribution in [3.05, 3.63) is 0 Å². The number of nitrogens with two attached hydrogens (primary N) is 1. The molecule has 1 fully saturated rings. The van der Waals surface area contributed by atoms with Gasteiger partial charge in [-0.1, -0.05) is 20.3 Å². The predicted octanol–water partition coefficient (Wildman–Crippen LogP) is 1.41. The molecule has 11 heavy (non-hydrogen) atoms. The molecule has 0 bridgehead atoms. The zero-order valence-corrected chi connectivity index (χ0v) is 7.25. The molecule has 2 unspecified atom stereocenters. The van der Waals surface area contributed by atoms with Gasteiger partial charge in [-0.05, 0) is 17.8 Å². The Morgan fingerprint density at radius 2 is 2.36 bits per heavy atom. The molecule has 1 aliphatic heterocycles. The summed E-state index contributed by atoms with van der Waals surface area (Å²) < 4.78 is 0. The number of fused-ring (bicyclic) bond motifs is 1. The SMILES string of the molecule is CCC1[C@H]2C(C)CC(N)=N[C@H]12. The van der Waals surface area contributed by atoms with E-state index in [4.69, 9.17) is 5.73 Å². The lowest BCUT2D eigenvalue weighted by Gasteiger charge is -2.13. The van der Waals surface area contributed by atoms with Crippen LogP contribution in [-0.4, -0.2) is 11.9 Å². The standard InChI is InChI=1S/C9H16N2/c1-3-6-8-5(2)4-7(10)11-9(6)8/h5-6,8-9H,3-4H2,1-2H3,(H2,10,11)/t5?,6?,8-,9-/m1/s1. The molecule has 2 heteroatoms. The second-order valence-corrected chi connectivity index (χ2v) is 3.94. The van der Waals surface area contributed by atoms with Gasteiger partial charge in [0.25, 0.3) is 0 Å². The lowest BCUT2D eigenvalue weighted by atomic mass is 9.98. The van der Waals surface area contributed by atoms with Crippen LogP contribution in [0.1, 0.15) is 26.7 Å². The lowest BCUT2D eigenvalue weighted by molar-refractivity contribution is 0.471. The van der Waals surface area contributed by atoms with E-state index in [1.165, 1.54) is 6.42 Å². The maximum atomic E-state index is 5.71. The van der Waals surface area contributed by atoms with Crippen molar-refractivity contribution in [3.63, 3.8) is 0 Å². The molecule has 2 nitrogen and oxygen atoms in total. The van der Waals surface area contributed by atoms with Gasteiger partial charge >= 0.3 is 0 Å². The van der Waals surface area contributed by atoms with E-state index in [-0.39, 0.29) is 0 Å². The Labute approximate surface area is 67.9 Å². The van der Waals surface area contributed by atoms with Gasteiger partial charge in [-0.2, -0.15) is 0 Å². The van der Waals surface area contributed by atoms with E-state index in [1.807, 2.05) is 0 Å². The van der Waals surface area contributed by atoms with Crippen LogP contribution in [0.5, 0.6) is 0 Å². The largest absolute Gasteiger partial charge is 0.387 e. The minimum Gasteiger partial charge on any atom is -0.387 e. The molecule has 0 aromatic carbocycles. The molecule has 4 atom stereocenters. The highest BCUT2D eigenvalue weighted by atomic mass is 15.0. The fourth-order valence-corrected chi connectivity index (χ4v) is 2.55. The summed E-state index contributed by atoms with van der Waals surface area (Å²) in [6.07, 6.45) is 2.30. The monoisotopic (exact) mass is 152 g/mol. The minimum atomic E-state index is 0.601. The van der Waals surface area contributed by atoms with Crippen LogP contribution in [-0.2, 0) is 0 Å². The smallest absolute Gasteiger partial charge is 0.0943 e. The van der Waals surface area contributed by atoms with Crippen LogP contribution in [0.4, 0.5) is 0 Å².